The molecular formula is C13H23F2N3S. The first kappa shape index (κ1) is 14.0. The molecular weight excluding hydrogens is 268 g/mol. The predicted octanol–water partition coefficient (Wildman–Crippen LogP) is 2.39. The highest BCUT2D eigenvalue weighted by molar-refractivity contribution is 7.94. The van der Waals surface area contributed by atoms with Gasteiger partial charge in [0.05, 0.1) is 0 Å². The van der Waals surface area contributed by atoms with Gasteiger partial charge in [-0.1, -0.05) is 0 Å². The van der Waals surface area contributed by atoms with Gasteiger partial charge in [-0.15, -0.1) is 0 Å². The first-order chi connectivity index (χ1) is 9.02. The molecule has 0 atom stereocenters. The minimum atomic E-state index is -2.42. The molecule has 3 fully saturated rings. The van der Waals surface area contributed by atoms with Crippen LogP contribution in [0.4, 0.5) is 8.78 Å². The van der Waals surface area contributed by atoms with E-state index in [1.807, 2.05) is 0 Å². The first-order valence-electron chi connectivity index (χ1n) is 7.24. The van der Waals surface area contributed by atoms with Crippen molar-refractivity contribution in [3.63, 3.8) is 0 Å². The molecule has 3 N–H and O–H groups in total. The van der Waals surface area contributed by atoms with Crippen molar-refractivity contribution in [1.82, 2.24) is 9.62 Å². The third-order valence-corrected chi connectivity index (χ3v) is 5.87. The zero-order valence-corrected chi connectivity index (χ0v) is 12.0. The smallest absolute Gasteiger partial charge is 0.248 e. The number of hydrogen-bond acceptors (Lipinski definition) is 4. The van der Waals surface area contributed by atoms with Crippen molar-refractivity contribution in [3.05, 3.63) is 0 Å². The zero-order valence-electron chi connectivity index (χ0n) is 11.2. The second-order valence-corrected chi connectivity index (χ2v) is 7.35. The van der Waals surface area contributed by atoms with E-state index in [0.717, 1.165) is 19.6 Å². The summed E-state index contributed by atoms with van der Waals surface area (Å²) in [6.07, 6.45) is 3.83. The Morgan fingerprint density at radius 1 is 1.21 bits per heavy atom. The maximum absolute atomic E-state index is 13.1. The van der Waals surface area contributed by atoms with Gasteiger partial charge in [-0.25, -0.2) is 13.1 Å². The number of hydrogen-bond donors (Lipinski definition) is 2. The number of alkyl halides is 2. The Balaban J connectivity index is 1.45. The lowest BCUT2D eigenvalue weighted by Crippen LogP contribution is -2.64. The van der Waals surface area contributed by atoms with Crippen LogP contribution in [0.2, 0.25) is 0 Å². The molecule has 110 valence electrons. The molecule has 1 saturated heterocycles. The lowest BCUT2D eigenvalue weighted by Gasteiger charge is -2.57. The summed E-state index contributed by atoms with van der Waals surface area (Å²) in [6, 6.07) is 0.555. The van der Waals surface area contributed by atoms with Gasteiger partial charge in [0.25, 0.3) is 0 Å². The summed E-state index contributed by atoms with van der Waals surface area (Å²) in [5, 5.41) is 9.11. The summed E-state index contributed by atoms with van der Waals surface area (Å²) < 4.78 is 28.5. The fourth-order valence-corrected chi connectivity index (χ4v) is 4.34. The molecule has 2 aliphatic carbocycles. The summed E-state index contributed by atoms with van der Waals surface area (Å²) in [7, 11) is 0. The monoisotopic (exact) mass is 291 g/mol. The lowest BCUT2D eigenvalue weighted by atomic mass is 9.61. The minimum absolute atomic E-state index is 0.0548. The summed E-state index contributed by atoms with van der Waals surface area (Å²) in [4.78, 5) is 0. The quantitative estimate of drug-likeness (QED) is 0.780. The SMILES string of the molecule is NSN(CC1CCC(F)(F)CC1)C1CC2(CNC2)C1. The van der Waals surface area contributed by atoms with E-state index in [1.165, 1.54) is 25.0 Å². The molecule has 2 saturated carbocycles. The molecule has 3 aliphatic rings. The van der Waals surface area contributed by atoms with Gasteiger partial charge in [-0.3, -0.25) is 5.14 Å². The van der Waals surface area contributed by atoms with Crippen molar-refractivity contribution in [2.24, 2.45) is 16.5 Å². The highest BCUT2D eigenvalue weighted by Crippen LogP contribution is 2.48. The molecule has 1 aliphatic heterocycles. The topological polar surface area (TPSA) is 41.3 Å². The predicted molar refractivity (Wildman–Crippen MR) is 73.7 cm³/mol. The van der Waals surface area contributed by atoms with Crippen LogP contribution in [0.1, 0.15) is 38.5 Å². The van der Waals surface area contributed by atoms with Gasteiger partial charge >= 0.3 is 0 Å². The molecule has 3 rings (SSSR count). The van der Waals surface area contributed by atoms with Crippen LogP contribution in [-0.2, 0) is 0 Å². The number of nitrogens with one attached hydrogen (secondary N) is 1. The third kappa shape index (κ3) is 2.91. The molecule has 1 spiro atoms. The van der Waals surface area contributed by atoms with Gasteiger partial charge in [-0.05, 0) is 37.0 Å². The number of nitrogens with two attached hydrogens (primary N) is 1. The number of halogens is 2. The van der Waals surface area contributed by atoms with Crippen molar-refractivity contribution >= 4 is 12.1 Å². The van der Waals surface area contributed by atoms with Gasteiger partial charge in [0.1, 0.15) is 0 Å². The zero-order chi connectivity index (χ0) is 13.5. The molecule has 3 nitrogen and oxygen atoms in total. The maximum atomic E-state index is 13.1. The summed E-state index contributed by atoms with van der Waals surface area (Å²) in [5.41, 5.74) is 0.540. The second kappa shape index (κ2) is 5.13. The Morgan fingerprint density at radius 2 is 1.84 bits per heavy atom. The first-order valence-corrected chi connectivity index (χ1v) is 8.08. The van der Waals surface area contributed by atoms with E-state index in [1.54, 1.807) is 0 Å². The number of nitrogens with zero attached hydrogens (tertiary/aromatic N) is 1. The highest BCUT2D eigenvalue weighted by atomic mass is 32.2. The maximum Gasteiger partial charge on any atom is 0.248 e. The number of rotatable bonds is 4. The van der Waals surface area contributed by atoms with Crippen molar-refractivity contribution in [2.45, 2.75) is 50.5 Å². The summed E-state index contributed by atoms with van der Waals surface area (Å²) in [6.45, 7) is 3.16. The van der Waals surface area contributed by atoms with E-state index in [4.69, 9.17) is 5.14 Å². The molecule has 19 heavy (non-hydrogen) atoms. The second-order valence-electron chi connectivity index (χ2n) is 6.67. The van der Waals surface area contributed by atoms with Crippen LogP contribution < -0.4 is 10.5 Å². The van der Waals surface area contributed by atoms with Gasteiger partial charge in [0.15, 0.2) is 0 Å². The molecule has 0 unspecified atom stereocenters. The summed E-state index contributed by atoms with van der Waals surface area (Å²) >= 11 is 1.31. The third-order valence-electron chi connectivity index (χ3n) is 5.15. The average Bonchev–Trinajstić information content (AvgIpc) is 2.26. The molecule has 0 radical (unpaired) electrons. The Morgan fingerprint density at radius 3 is 2.32 bits per heavy atom. The van der Waals surface area contributed by atoms with Gasteiger partial charge in [0.2, 0.25) is 5.92 Å². The van der Waals surface area contributed by atoms with Crippen LogP contribution in [0.25, 0.3) is 0 Å². The van der Waals surface area contributed by atoms with E-state index in [9.17, 15) is 8.78 Å². The van der Waals surface area contributed by atoms with Crippen LogP contribution in [0.5, 0.6) is 0 Å². The van der Waals surface area contributed by atoms with E-state index in [0.29, 0.717) is 30.2 Å². The van der Waals surface area contributed by atoms with Crippen LogP contribution in [-0.4, -0.2) is 35.9 Å². The van der Waals surface area contributed by atoms with Crippen molar-refractivity contribution in [1.29, 1.82) is 0 Å². The van der Waals surface area contributed by atoms with Crippen molar-refractivity contribution in [3.8, 4) is 0 Å². The van der Waals surface area contributed by atoms with Crippen LogP contribution in [0, 0.1) is 11.3 Å². The Hall–Kier alpha value is 0.0900. The largest absolute Gasteiger partial charge is 0.316 e. The fourth-order valence-electron chi connectivity index (χ4n) is 3.73. The Kier molecular flexibility index (Phi) is 3.79. The van der Waals surface area contributed by atoms with Crippen LogP contribution in [0.3, 0.4) is 0 Å². The van der Waals surface area contributed by atoms with E-state index in [-0.39, 0.29) is 12.8 Å². The van der Waals surface area contributed by atoms with E-state index < -0.39 is 5.92 Å². The lowest BCUT2D eigenvalue weighted by molar-refractivity contribution is -0.0521. The Bertz CT molecular complexity index is 318. The minimum Gasteiger partial charge on any atom is -0.316 e. The highest BCUT2D eigenvalue weighted by Gasteiger charge is 2.50. The molecule has 0 aromatic carbocycles. The van der Waals surface area contributed by atoms with Crippen LogP contribution >= 0.6 is 12.1 Å². The molecule has 1 heterocycles. The molecule has 0 aromatic rings. The van der Waals surface area contributed by atoms with Gasteiger partial charge in [-0.2, -0.15) is 0 Å². The normalized spacial score (nSPS) is 33.2. The Labute approximate surface area is 117 Å². The summed E-state index contributed by atoms with van der Waals surface area (Å²) in [5.74, 6) is -2.03. The van der Waals surface area contributed by atoms with E-state index >= 15 is 0 Å². The van der Waals surface area contributed by atoms with Crippen molar-refractivity contribution < 1.29 is 8.78 Å². The molecule has 6 heteroatoms. The van der Waals surface area contributed by atoms with Gasteiger partial charge < -0.3 is 5.32 Å². The average molecular weight is 291 g/mol. The van der Waals surface area contributed by atoms with Gasteiger partial charge in [0, 0.05) is 50.7 Å². The molecule has 0 amide bonds. The standard InChI is InChI=1S/C13H23F2N3S/c14-13(15)3-1-10(2-4-13)7-18(19-16)11-5-12(6-11)8-17-9-12/h10-11,17H,1-9,16H2. The molecule has 0 bridgehead atoms. The fraction of sp³-hybridized carbons (Fsp3) is 1.00. The van der Waals surface area contributed by atoms with Crippen molar-refractivity contribution in [2.75, 3.05) is 19.6 Å². The molecule has 0 aromatic heterocycles. The van der Waals surface area contributed by atoms with Crippen LogP contribution in [0.15, 0.2) is 0 Å². The van der Waals surface area contributed by atoms with E-state index in [2.05, 4.69) is 9.62 Å².